The summed E-state index contributed by atoms with van der Waals surface area (Å²) in [6, 6.07) is 6.80. The lowest BCUT2D eigenvalue weighted by Gasteiger charge is -2.13. The molecule has 1 amide bonds. The molecule has 3 rings (SSSR count). The number of anilines is 1. The van der Waals surface area contributed by atoms with E-state index in [1.165, 1.54) is 56.9 Å². The Labute approximate surface area is 167 Å². The second kappa shape index (κ2) is 10.3. The fraction of sp³-hybridized carbons (Fsp3) is 0.636. The van der Waals surface area contributed by atoms with Crippen LogP contribution in [0.25, 0.3) is 11.1 Å². The molecule has 1 aliphatic rings. The second-order valence-corrected chi connectivity index (χ2v) is 7.90. The summed E-state index contributed by atoms with van der Waals surface area (Å²) in [7, 11) is 0. The Bertz CT molecular complexity index is 759. The van der Waals surface area contributed by atoms with Crippen LogP contribution >= 0.6 is 0 Å². The third kappa shape index (κ3) is 5.88. The highest BCUT2D eigenvalue weighted by atomic mass is 16.4. The molecular formula is C22H33N3O3. The van der Waals surface area contributed by atoms with Crippen LogP contribution in [0.15, 0.2) is 22.6 Å². The standard InChI is InChI=1S/C22H33N3O3/c1-2-3-4-5-6-7-8-9-10-17-11-12-20-19(15-17)24-21(28-20)25-14-13-18(16-25)23-22(26)27/h11-12,15,18,23H,2-10,13-14,16H2,1H3,(H,26,27). The van der Waals surface area contributed by atoms with Gasteiger partial charge in [0, 0.05) is 13.1 Å². The molecule has 0 aliphatic carbocycles. The smallest absolute Gasteiger partial charge is 0.404 e. The van der Waals surface area contributed by atoms with Gasteiger partial charge in [0.15, 0.2) is 5.58 Å². The van der Waals surface area contributed by atoms with Gasteiger partial charge in [-0.15, -0.1) is 0 Å². The summed E-state index contributed by atoms with van der Waals surface area (Å²) in [5.41, 5.74) is 3.00. The minimum Gasteiger partial charge on any atom is -0.465 e. The number of nitrogens with zero attached hydrogens (tertiary/aromatic N) is 2. The lowest BCUT2D eigenvalue weighted by Crippen LogP contribution is -2.36. The molecule has 2 N–H and O–H groups in total. The Kier molecular flexibility index (Phi) is 7.57. The highest BCUT2D eigenvalue weighted by molar-refractivity contribution is 5.75. The maximum absolute atomic E-state index is 10.8. The molecule has 1 saturated heterocycles. The quantitative estimate of drug-likeness (QED) is 0.508. The normalized spacial score (nSPS) is 16.8. The van der Waals surface area contributed by atoms with Gasteiger partial charge in [0.2, 0.25) is 0 Å². The Morgan fingerprint density at radius 3 is 2.71 bits per heavy atom. The van der Waals surface area contributed by atoms with Gasteiger partial charge < -0.3 is 19.7 Å². The average Bonchev–Trinajstić information content (AvgIpc) is 3.29. The number of carbonyl (C=O) groups is 1. The molecular weight excluding hydrogens is 354 g/mol. The van der Waals surface area contributed by atoms with Crippen LogP contribution in [0.2, 0.25) is 0 Å². The van der Waals surface area contributed by atoms with Gasteiger partial charge in [0.25, 0.3) is 6.01 Å². The second-order valence-electron chi connectivity index (χ2n) is 7.90. The third-order valence-electron chi connectivity index (χ3n) is 5.55. The molecule has 0 radical (unpaired) electrons. The van der Waals surface area contributed by atoms with Crippen molar-refractivity contribution in [3.8, 4) is 0 Å². The highest BCUT2D eigenvalue weighted by Crippen LogP contribution is 2.26. The van der Waals surface area contributed by atoms with Gasteiger partial charge >= 0.3 is 6.09 Å². The molecule has 1 aromatic heterocycles. The predicted molar refractivity (Wildman–Crippen MR) is 112 cm³/mol. The molecule has 154 valence electrons. The van der Waals surface area contributed by atoms with Crippen molar-refractivity contribution in [2.45, 2.75) is 77.2 Å². The van der Waals surface area contributed by atoms with Crippen LogP contribution in [0, 0.1) is 0 Å². The minimum absolute atomic E-state index is 0.0648. The van der Waals surface area contributed by atoms with Gasteiger partial charge in [-0.1, -0.05) is 57.9 Å². The number of benzene rings is 1. The van der Waals surface area contributed by atoms with E-state index in [9.17, 15) is 4.79 Å². The molecule has 2 aromatic rings. The minimum atomic E-state index is -0.977. The first-order valence-electron chi connectivity index (χ1n) is 10.8. The van der Waals surface area contributed by atoms with E-state index in [1.807, 2.05) is 11.0 Å². The molecule has 1 unspecified atom stereocenters. The van der Waals surface area contributed by atoms with E-state index in [0.29, 0.717) is 12.6 Å². The van der Waals surface area contributed by atoms with Crippen molar-refractivity contribution in [3.63, 3.8) is 0 Å². The van der Waals surface area contributed by atoms with Gasteiger partial charge in [-0.3, -0.25) is 0 Å². The fourth-order valence-corrected chi connectivity index (χ4v) is 3.94. The molecule has 2 heterocycles. The van der Waals surface area contributed by atoms with E-state index in [4.69, 9.17) is 9.52 Å². The molecule has 1 fully saturated rings. The van der Waals surface area contributed by atoms with Crippen molar-refractivity contribution in [1.82, 2.24) is 10.3 Å². The van der Waals surface area contributed by atoms with Crippen LogP contribution in [0.1, 0.15) is 70.3 Å². The van der Waals surface area contributed by atoms with Gasteiger partial charge in [0.1, 0.15) is 5.52 Å². The average molecular weight is 388 g/mol. The predicted octanol–water partition coefficient (Wildman–Crippen LogP) is 5.36. The molecule has 28 heavy (non-hydrogen) atoms. The van der Waals surface area contributed by atoms with Gasteiger partial charge in [-0.2, -0.15) is 4.98 Å². The number of unbranched alkanes of at least 4 members (excludes halogenated alkanes) is 7. The topological polar surface area (TPSA) is 78.6 Å². The summed E-state index contributed by atoms with van der Waals surface area (Å²) in [6.07, 6.45) is 11.5. The molecule has 6 heteroatoms. The summed E-state index contributed by atoms with van der Waals surface area (Å²) in [5.74, 6) is 0. The Balaban J connectivity index is 1.46. The van der Waals surface area contributed by atoms with Crippen molar-refractivity contribution in [2.24, 2.45) is 0 Å². The Morgan fingerprint density at radius 1 is 1.21 bits per heavy atom. The number of rotatable bonds is 11. The van der Waals surface area contributed by atoms with Crippen molar-refractivity contribution in [2.75, 3.05) is 18.0 Å². The number of oxazole rings is 1. The van der Waals surface area contributed by atoms with Crippen molar-refractivity contribution >= 4 is 23.2 Å². The molecule has 6 nitrogen and oxygen atoms in total. The monoisotopic (exact) mass is 387 g/mol. The summed E-state index contributed by atoms with van der Waals surface area (Å²) in [5, 5.41) is 11.4. The van der Waals surface area contributed by atoms with Crippen LogP contribution in [0.3, 0.4) is 0 Å². The number of hydrogen-bond acceptors (Lipinski definition) is 4. The highest BCUT2D eigenvalue weighted by Gasteiger charge is 2.27. The first-order chi connectivity index (χ1) is 13.7. The van der Waals surface area contributed by atoms with Gasteiger partial charge in [0.05, 0.1) is 6.04 Å². The maximum Gasteiger partial charge on any atom is 0.404 e. The Hall–Kier alpha value is -2.24. The van der Waals surface area contributed by atoms with Crippen LogP contribution in [0.4, 0.5) is 10.8 Å². The van der Waals surface area contributed by atoms with E-state index < -0.39 is 6.09 Å². The number of fused-ring (bicyclic) bond motifs is 1. The van der Waals surface area contributed by atoms with Crippen LogP contribution in [-0.2, 0) is 6.42 Å². The van der Waals surface area contributed by atoms with Gasteiger partial charge in [-0.25, -0.2) is 4.79 Å². The van der Waals surface area contributed by atoms with Crippen molar-refractivity contribution in [3.05, 3.63) is 23.8 Å². The maximum atomic E-state index is 10.8. The third-order valence-corrected chi connectivity index (χ3v) is 5.55. The van der Waals surface area contributed by atoms with E-state index in [2.05, 4.69) is 29.4 Å². The van der Waals surface area contributed by atoms with Gasteiger partial charge in [-0.05, 0) is 37.0 Å². The molecule has 0 saturated carbocycles. The van der Waals surface area contributed by atoms with E-state index in [-0.39, 0.29) is 6.04 Å². The zero-order valence-electron chi connectivity index (χ0n) is 17.0. The van der Waals surface area contributed by atoms with E-state index in [1.54, 1.807) is 0 Å². The zero-order valence-corrected chi connectivity index (χ0v) is 17.0. The summed E-state index contributed by atoms with van der Waals surface area (Å²) in [6.45, 7) is 3.61. The number of aryl methyl sites for hydroxylation is 1. The number of hydrogen-bond donors (Lipinski definition) is 2. The lowest BCUT2D eigenvalue weighted by molar-refractivity contribution is 0.191. The summed E-state index contributed by atoms with van der Waals surface area (Å²) >= 11 is 0. The van der Waals surface area contributed by atoms with Crippen LogP contribution in [-0.4, -0.2) is 35.3 Å². The van der Waals surface area contributed by atoms with Crippen molar-refractivity contribution < 1.29 is 14.3 Å². The fourth-order valence-electron chi connectivity index (χ4n) is 3.94. The lowest BCUT2D eigenvalue weighted by atomic mass is 10.0. The van der Waals surface area contributed by atoms with E-state index in [0.717, 1.165) is 30.5 Å². The van der Waals surface area contributed by atoms with Crippen LogP contribution in [0.5, 0.6) is 0 Å². The number of nitrogens with one attached hydrogen (secondary N) is 1. The number of amides is 1. The Morgan fingerprint density at radius 2 is 1.96 bits per heavy atom. The number of aromatic nitrogens is 1. The molecule has 1 aromatic carbocycles. The first kappa shape index (κ1) is 20.5. The molecule has 1 aliphatic heterocycles. The molecule has 0 bridgehead atoms. The zero-order chi connectivity index (χ0) is 19.8. The van der Waals surface area contributed by atoms with E-state index >= 15 is 0 Å². The summed E-state index contributed by atoms with van der Waals surface area (Å²) < 4.78 is 5.89. The van der Waals surface area contributed by atoms with Crippen LogP contribution < -0.4 is 10.2 Å². The SMILES string of the molecule is CCCCCCCCCCc1ccc2oc(N3CCC(NC(=O)O)C3)nc2c1. The number of carboxylic acid groups (broad SMARTS) is 1. The first-order valence-corrected chi connectivity index (χ1v) is 10.8. The summed E-state index contributed by atoms with van der Waals surface area (Å²) in [4.78, 5) is 17.4. The molecule has 0 spiro atoms. The molecule has 1 atom stereocenters. The largest absolute Gasteiger partial charge is 0.465 e. The van der Waals surface area contributed by atoms with Crippen molar-refractivity contribution in [1.29, 1.82) is 0 Å².